The maximum Gasteiger partial charge on any atom is 0.205 e. The second kappa shape index (κ2) is 8.36. The molecule has 0 atom stereocenters. The lowest BCUT2D eigenvalue weighted by molar-refractivity contribution is 0.0117. The normalized spacial score (nSPS) is 15.8. The van der Waals surface area contributed by atoms with Gasteiger partial charge in [0.25, 0.3) is 0 Å². The van der Waals surface area contributed by atoms with Gasteiger partial charge in [0.1, 0.15) is 17.7 Å². The molecule has 1 saturated heterocycles. The van der Waals surface area contributed by atoms with Gasteiger partial charge in [0.05, 0.1) is 31.8 Å². The van der Waals surface area contributed by atoms with Crippen molar-refractivity contribution < 1.29 is 19.3 Å². The van der Waals surface area contributed by atoms with Crippen molar-refractivity contribution in [3.63, 3.8) is 0 Å². The first-order valence-corrected chi connectivity index (χ1v) is 10.2. The summed E-state index contributed by atoms with van der Waals surface area (Å²) in [5.74, 6) is 2.45. The number of benzene rings is 2. The summed E-state index contributed by atoms with van der Waals surface area (Å²) in [7, 11) is 3.20. The molecule has 2 aromatic carbocycles. The molecular formula is C23H27N3O4. The van der Waals surface area contributed by atoms with Crippen LogP contribution in [0.5, 0.6) is 17.2 Å². The van der Waals surface area contributed by atoms with Gasteiger partial charge in [-0.05, 0) is 31.4 Å². The molecule has 0 bridgehead atoms. The third kappa shape index (κ3) is 3.50. The van der Waals surface area contributed by atoms with E-state index in [1.54, 1.807) is 20.5 Å². The highest BCUT2D eigenvalue weighted by Gasteiger charge is 2.35. The molecule has 158 valence electrons. The smallest absolute Gasteiger partial charge is 0.205 e. The first-order valence-electron chi connectivity index (χ1n) is 10.2. The first kappa shape index (κ1) is 20.2. The van der Waals surface area contributed by atoms with E-state index in [4.69, 9.17) is 14.2 Å². The molecule has 1 aliphatic heterocycles. The maximum atomic E-state index is 11.2. The number of anilines is 1. The Morgan fingerprint density at radius 3 is 2.40 bits per heavy atom. The topological polar surface area (TPSA) is 76.9 Å². The average Bonchev–Trinajstić information content (AvgIpc) is 2.79. The predicted molar refractivity (Wildman–Crippen MR) is 116 cm³/mol. The van der Waals surface area contributed by atoms with Gasteiger partial charge < -0.3 is 24.2 Å². The highest BCUT2D eigenvalue weighted by atomic mass is 16.5. The van der Waals surface area contributed by atoms with Gasteiger partial charge in [0.15, 0.2) is 11.5 Å². The summed E-state index contributed by atoms with van der Waals surface area (Å²) in [4.78, 5) is 11.2. The van der Waals surface area contributed by atoms with E-state index in [2.05, 4.69) is 14.9 Å². The Hall–Kier alpha value is -3.06. The largest absolute Gasteiger partial charge is 0.493 e. The minimum Gasteiger partial charge on any atom is -0.493 e. The Kier molecular flexibility index (Phi) is 5.63. The quantitative estimate of drug-likeness (QED) is 0.667. The number of aliphatic hydroxyl groups is 1. The number of rotatable bonds is 6. The molecule has 3 aromatic rings. The van der Waals surface area contributed by atoms with Gasteiger partial charge in [-0.15, -0.1) is 0 Å². The summed E-state index contributed by atoms with van der Waals surface area (Å²) >= 11 is 0. The van der Waals surface area contributed by atoms with Crippen LogP contribution >= 0.6 is 0 Å². The Morgan fingerprint density at radius 2 is 1.77 bits per heavy atom. The molecule has 0 unspecified atom stereocenters. The first-order chi connectivity index (χ1) is 14.6. The Bertz CT molecular complexity index is 1020. The molecule has 2 heterocycles. The number of piperidine rings is 1. The van der Waals surface area contributed by atoms with E-state index in [-0.39, 0.29) is 0 Å². The SMILES string of the molecule is CCOc1c(OC)cc2c(N3CCC(O)(c4ccccc4)CC3)ncnc2c1OC. The minimum absolute atomic E-state index is 0.486. The molecule has 1 aromatic heterocycles. The summed E-state index contributed by atoms with van der Waals surface area (Å²) in [6.07, 6.45) is 2.78. The fourth-order valence-corrected chi connectivity index (χ4v) is 4.12. The molecule has 0 spiro atoms. The van der Waals surface area contributed by atoms with Gasteiger partial charge in [-0.1, -0.05) is 30.3 Å². The Balaban J connectivity index is 1.70. The van der Waals surface area contributed by atoms with E-state index in [1.807, 2.05) is 43.3 Å². The molecule has 1 aliphatic rings. The predicted octanol–water partition coefficient (Wildman–Crippen LogP) is 3.53. The third-order valence-corrected chi connectivity index (χ3v) is 5.70. The van der Waals surface area contributed by atoms with Crippen molar-refractivity contribution in [1.29, 1.82) is 0 Å². The van der Waals surface area contributed by atoms with Crippen LogP contribution in [0.3, 0.4) is 0 Å². The lowest BCUT2D eigenvalue weighted by atomic mass is 9.84. The van der Waals surface area contributed by atoms with Crippen LogP contribution in [0.1, 0.15) is 25.3 Å². The molecule has 0 saturated carbocycles. The van der Waals surface area contributed by atoms with Gasteiger partial charge in [0, 0.05) is 13.1 Å². The fourth-order valence-electron chi connectivity index (χ4n) is 4.12. The van der Waals surface area contributed by atoms with Crippen molar-refractivity contribution in [2.45, 2.75) is 25.4 Å². The zero-order chi connectivity index (χ0) is 21.1. The van der Waals surface area contributed by atoms with Gasteiger partial charge >= 0.3 is 0 Å². The van der Waals surface area contributed by atoms with Crippen LogP contribution in [0.2, 0.25) is 0 Å². The van der Waals surface area contributed by atoms with Crippen molar-refractivity contribution in [3.8, 4) is 17.2 Å². The number of methoxy groups -OCH3 is 2. The van der Waals surface area contributed by atoms with Gasteiger partial charge in [-0.25, -0.2) is 9.97 Å². The molecule has 0 aliphatic carbocycles. The molecule has 7 heteroatoms. The summed E-state index contributed by atoms with van der Waals surface area (Å²) < 4.78 is 17.0. The molecule has 30 heavy (non-hydrogen) atoms. The van der Waals surface area contributed by atoms with Crippen LogP contribution in [-0.4, -0.2) is 49.0 Å². The van der Waals surface area contributed by atoms with Crippen LogP contribution in [0.15, 0.2) is 42.7 Å². The number of hydrogen-bond donors (Lipinski definition) is 1. The van der Waals surface area contributed by atoms with Crippen molar-refractivity contribution >= 4 is 16.7 Å². The minimum atomic E-state index is -0.821. The van der Waals surface area contributed by atoms with Crippen LogP contribution in [0, 0.1) is 0 Å². The highest BCUT2D eigenvalue weighted by molar-refractivity contribution is 5.97. The van der Waals surface area contributed by atoms with Gasteiger partial charge in [-0.3, -0.25) is 0 Å². The molecule has 0 radical (unpaired) electrons. The van der Waals surface area contributed by atoms with Crippen molar-refractivity contribution in [2.24, 2.45) is 0 Å². The molecular weight excluding hydrogens is 382 g/mol. The molecule has 1 N–H and O–H groups in total. The van der Waals surface area contributed by atoms with Crippen molar-refractivity contribution in [1.82, 2.24) is 9.97 Å². The lowest BCUT2D eigenvalue weighted by Gasteiger charge is -2.39. The van der Waals surface area contributed by atoms with Gasteiger partial charge in [-0.2, -0.15) is 0 Å². The summed E-state index contributed by atoms with van der Waals surface area (Å²) in [5.41, 5.74) is 0.815. The number of ether oxygens (including phenoxy) is 3. The van der Waals surface area contributed by atoms with E-state index in [0.717, 1.165) is 16.8 Å². The van der Waals surface area contributed by atoms with Gasteiger partial charge in [0.2, 0.25) is 5.75 Å². The number of hydrogen-bond acceptors (Lipinski definition) is 7. The van der Waals surface area contributed by atoms with E-state index in [9.17, 15) is 5.11 Å². The van der Waals surface area contributed by atoms with E-state index in [0.29, 0.717) is 55.3 Å². The van der Waals surface area contributed by atoms with Crippen molar-refractivity contribution in [2.75, 3.05) is 38.8 Å². The maximum absolute atomic E-state index is 11.2. The Morgan fingerprint density at radius 1 is 1.03 bits per heavy atom. The molecule has 1 fully saturated rings. The third-order valence-electron chi connectivity index (χ3n) is 5.70. The monoisotopic (exact) mass is 409 g/mol. The van der Waals surface area contributed by atoms with Crippen molar-refractivity contribution in [3.05, 3.63) is 48.3 Å². The standard InChI is InChI=1S/C23H27N3O4/c1-4-30-20-18(28-2)14-17-19(21(20)29-3)24-15-25-22(17)26-12-10-23(27,11-13-26)16-8-6-5-7-9-16/h5-9,14-15,27H,4,10-13H2,1-3H3. The second-order valence-electron chi connectivity index (χ2n) is 7.35. The summed E-state index contributed by atoms with van der Waals surface area (Å²) in [5, 5.41) is 12.0. The lowest BCUT2D eigenvalue weighted by Crippen LogP contribution is -2.43. The number of aromatic nitrogens is 2. The van der Waals surface area contributed by atoms with Crippen LogP contribution < -0.4 is 19.1 Å². The zero-order valence-corrected chi connectivity index (χ0v) is 17.6. The van der Waals surface area contributed by atoms with E-state index >= 15 is 0 Å². The average molecular weight is 409 g/mol. The fraction of sp³-hybridized carbons (Fsp3) is 0.391. The number of fused-ring (bicyclic) bond motifs is 1. The zero-order valence-electron chi connectivity index (χ0n) is 17.6. The molecule has 4 rings (SSSR count). The summed E-state index contributed by atoms with van der Waals surface area (Å²) in [6.45, 7) is 3.75. The second-order valence-corrected chi connectivity index (χ2v) is 7.35. The van der Waals surface area contributed by atoms with Crippen LogP contribution in [-0.2, 0) is 5.60 Å². The van der Waals surface area contributed by atoms with E-state index in [1.165, 1.54) is 0 Å². The van der Waals surface area contributed by atoms with Crippen LogP contribution in [0.25, 0.3) is 10.9 Å². The Labute approximate surface area is 176 Å². The molecule has 7 nitrogen and oxygen atoms in total. The number of nitrogens with zero attached hydrogens (tertiary/aromatic N) is 3. The highest BCUT2D eigenvalue weighted by Crippen LogP contribution is 2.45. The van der Waals surface area contributed by atoms with Crippen LogP contribution in [0.4, 0.5) is 5.82 Å². The van der Waals surface area contributed by atoms with E-state index < -0.39 is 5.60 Å². The summed E-state index contributed by atoms with van der Waals surface area (Å²) in [6, 6.07) is 11.8. The molecule has 0 amide bonds.